The molecule has 2 heterocycles. The first-order valence-electron chi connectivity index (χ1n) is 11.3. The molecule has 1 aliphatic rings. The number of rotatable bonds is 8. The van der Waals surface area contributed by atoms with E-state index in [4.69, 9.17) is 18.6 Å². The molecule has 1 fully saturated rings. The maximum Gasteiger partial charge on any atom is 0.339 e. The molecule has 2 aromatic carbocycles. The molecule has 0 atom stereocenters. The van der Waals surface area contributed by atoms with Gasteiger partial charge >= 0.3 is 5.97 Å². The van der Waals surface area contributed by atoms with E-state index in [-0.39, 0.29) is 12.6 Å². The highest BCUT2D eigenvalue weighted by Crippen LogP contribution is 2.36. The molecule has 32 heavy (non-hydrogen) atoms. The SMILES string of the molecule is CCc1c(N(CC)C2CCOCC2)cc2occc2c1C(=O)OCc1ccc(OC)cc1. The number of ether oxygens (including phenoxy) is 3. The number of carbonyl (C=O) groups excluding carboxylic acids is 1. The Bertz CT molecular complexity index is 1050. The fraction of sp³-hybridized carbons (Fsp3) is 0.423. The molecule has 0 spiro atoms. The van der Waals surface area contributed by atoms with Crippen molar-refractivity contribution in [1.29, 1.82) is 0 Å². The highest BCUT2D eigenvalue weighted by atomic mass is 16.5. The molecule has 4 rings (SSSR count). The van der Waals surface area contributed by atoms with Crippen LogP contribution in [0.4, 0.5) is 5.69 Å². The third-order valence-corrected chi connectivity index (χ3v) is 6.21. The van der Waals surface area contributed by atoms with Gasteiger partial charge in [-0.1, -0.05) is 19.1 Å². The Morgan fingerprint density at radius 3 is 2.53 bits per heavy atom. The van der Waals surface area contributed by atoms with Crippen molar-refractivity contribution in [2.75, 3.05) is 31.8 Å². The smallest absolute Gasteiger partial charge is 0.339 e. The number of furan rings is 1. The van der Waals surface area contributed by atoms with Gasteiger partial charge in [-0.15, -0.1) is 0 Å². The summed E-state index contributed by atoms with van der Waals surface area (Å²) < 4.78 is 22.3. The molecule has 1 aliphatic heterocycles. The van der Waals surface area contributed by atoms with Crippen molar-refractivity contribution in [1.82, 2.24) is 0 Å². The van der Waals surface area contributed by atoms with Crippen LogP contribution < -0.4 is 9.64 Å². The van der Waals surface area contributed by atoms with Crippen LogP contribution >= 0.6 is 0 Å². The second kappa shape index (κ2) is 10.1. The molecule has 0 bridgehead atoms. The van der Waals surface area contributed by atoms with E-state index in [1.54, 1.807) is 13.4 Å². The van der Waals surface area contributed by atoms with Crippen molar-refractivity contribution >= 4 is 22.6 Å². The molecule has 0 saturated carbocycles. The lowest BCUT2D eigenvalue weighted by molar-refractivity contribution is 0.0473. The summed E-state index contributed by atoms with van der Waals surface area (Å²) >= 11 is 0. The number of hydrogen-bond acceptors (Lipinski definition) is 6. The predicted molar refractivity (Wildman–Crippen MR) is 125 cm³/mol. The highest BCUT2D eigenvalue weighted by Gasteiger charge is 2.27. The van der Waals surface area contributed by atoms with E-state index in [2.05, 4.69) is 24.8 Å². The quantitative estimate of drug-likeness (QED) is 0.442. The highest BCUT2D eigenvalue weighted by molar-refractivity contribution is 6.06. The standard InChI is InChI=1S/C26H31NO5/c1-4-21-23(27(5-2)19-10-13-30-14-11-19)16-24-22(12-15-31-24)25(21)26(28)32-17-18-6-8-20(29-3)9-7-18/h6-9,12,15-16,19H,4-5,10-11,13-14,17H2,1-3H3. The molecule has 0 radical (unpaired) electrons. The Hall–Kier alpha value is -2.99. The number of benzene rings is 2. The van der Waals surface area contributed by atoms with Gasteiger partial charge in [0, 0.05) is 42.9 Å². The van der Waals surface area contributed by atoms with E-state index in [0.717, 1.165) is 67.0 Å². The fourth-order valence-electron chi connectivity index (χ4n) is 4.55. The van der Waals surface area contributed by atoms with E-state index in [9.17, 15) is 4.79 Å². The van der Waals surface area contributed by atoms with Crippen molar-refractivity contribution in [3.05, 3.63) is 59.4 Å². The maximum absolute atomic E-state index is 13.3. The molecule has 6 nitrogen and oxygen atoms in total. The van der Waals surface area contributed by atoms with Gasteiger partial charge in [-0.25, -0.2) is 4.79 Å². The minimum Gasteiger partial charge on any atom is -0.497 e. The van der Waals surface area contributed by atoms with Crippen LogP contribution in [-0.4, -0.2) is 38.9 Å². The molecule has 0 aliphatic carbocycles. The summed E-state index contributed by atoms with van der Waals surface area (Å²) in [5.74, 6) is 0.447. The van der Waals surface area contributed by atoms with Gasteiger partial charge < -0.3 is 23.5 Å². The van der Waals surface area contributed by atoms with Gasteiger partial charge in [0.25, 0.3) is 0 Å². The molecule has 1 aromatic heterocycles. The molecule has 0 unspecified atom stereocenters. The topological polar surface area (TPSA) is 61.1 Å². The van der Waals surface area contributed by atoms with Gasteiger partial charge in [-0.3, -0.25) is 0 Å². The molecule has 0 amide bonds. The summed E-state index contributed by atoms with van der Waals surface area (Å²) in [7, 11) is 1.63. The van der Waals surface area contributed by atoms with Gasteiger partial charge in [0.15, 0.2) is 0 Å². The van der Waals surface area contributed by atoms with E-state index < -0.39 is 0 Å². The van der Waals surface area contributed by atoms with Crippen LogP contribution in [0, 0.1) is 0 Å². The monoisotopic (exact) mass is 437 g/mol. The molecular weight excluding hydrogens is 406 g/mol. The van der Waals surface area contributed by atoms with E-state index in [1.165, 1.54) is 0 Å². The lowest BCUT2D eigenvalue weighted by atomic mass is 9.96. The summed E-state index contributed by atoms with van der Waals surface area (Å²) in [6, 6.07) is 11.8. The third-order valence-electron chi connectivity index (χ3n) is 6.21. The Balaban J connectivity index is 1.67. The van der Waals surface area contributed by atoms with Crippen LogP contribution in [0.25, 0.3) is 11.0 Å². The first-order chi connectivity index (χ1) is 15.7. The van der Waals surface area contributed by atoms with Gasteiger partial charge in [-0.2, -0.15) is 0 Å². The summed E-state index contributed by atoms with van der Waals surface area (Å²) in [5, 5.41) is 0.799. The lowest BCUT2D eigenvalue weighted by Crippen LogP contribution is -2.40. The van der Waals surface area contributed by atoms with E-state index >= 15 is 0 Å². The minimum absolute atomic E-state index is 0.201. The zero-order valence-electron chi connectivity index (χ0n) is 19.1. The van der Waals surface area contributed by atoms with Crippen LogP contribution in [0.1, 0.15) is 48.2 Å². The van der Waals surface area contributed by atoms with E-state index in [0.29, 0.717) is 17.2 Å². The molecule has 0 N–H and O–H groups in total. The van der Waals surface area contributed by atoms with Crippen LogP contribution in [0.3, 0.4) is 0 Å². The number of nitrogens with zero attached hydrogens (tertiary/aromatic N) is 1. The number of carbonyl (C=O) groups is 1. The van der Waals surface area contributed by atoms with Crippen molar-refractivity contribution in [2.24, 2.45) is 0 Å². The molecule has 6 heteroatoms. The zero-order chi connectivity index (χ0) is 22.5. The molecular formula is C26H31NO5. The lowest BCUT2D eigenvalue weighted by Gasteiger charge is -2.37. The number of hydrogen-bond donors (Lipinski definition) is 0. The summed E-state index contributed by atoms with van der Waals surface area (Å²) in [4.78, 5) is 15.7. The number of esters is 1. The Kier molecular flexibility index (Phi) is 7.00. The second-order valence-electron chi connectivity index (χ2n) is 7.99. The Labute approximate surface area is 189 Å². The molecule has 3 aromatic rings. The average Bonchev–Trinajstić information content (AvgIpc) is 3.31. The predicted octanol–water partition coefficient (Wildman–Crippen LogP) is 5.37. The summed E-state index contributed by atoms with van der Waals surface area (Å²) in [6.07, 6.45) is 4.32. The van der Waals surface area contributed by atoms with Gasteiger partial charge in [-0.05, 0) is 55.5 Å². The minimum atomic E-state index is -0.325. The number of anilines is 1. The zero-order valence-corrected chi connectivity index (χ0v) is 19.1. The van der Waals surface area contributed by atoms with Crippen molar-refractivity contribution in [2.45, 2.75) is 45.8 Å². The van der Waals surface area contributed by atoms with Crippen LogP contribution in [-0.2, 0) is 22.5 Å². The van der Waals surface area contributed by atoms with Crippen LogP contribution in [0.5, 0.6) is 5.75 Å². The second-order valence-corrected chi connectivity index (χ2v) is 7.99. The summed E-state index contributed by atoms with van der Waals surface area (Å²) in [6.45, 7) is 6.83. The Morgan fingerprint density at radius 2 is 1.88 bits per heavy atom. The van der Waals surface area contributed by atoms with Crippen LogP contribution in [0.2, 0.25) is 0 Å². The molecule has 170 valence electrons. The van der Waals surface area contributed by atoms with Gasteiger partial charge in [0.1, 0.15) is 17.9 Å². The fourth-order valence-corrected chi connectivity index (χ4v) is 4.55. The van der Waals surface area contributed by atoms with E-state index in [1.807, 2.05) is 30.3 Å². The number of fused-ring (bicyclic) bond motifs is 1. The summed E-state index contributed by atoms with van der Waals surface area (Å²) in [5.41, 5.74) is 4.29. The largest absolute Gasteiger partial charge is 0.497 e. The first kappa shape index (κ1) is 22.2. The van der Waals surface area contributed by atoms with Crippen molar-refractivity contribution in [3.8, 4) is 5.75 Å². The molecule has 1 saturated heterocycles. The van der Waals surface area contributed by atoms with Gasteiger partial charge in [0.2, 0.25) is 0 Å². The maximum atomic E-state index is 13.3. The first-order valence-corrected chi connectivity index (χ1v) is 11.3. The van der Waals surface area contributed by atoms with Crippen molar-refractivity contribution in [3.63, 3.8) is 0 Å². The van der Waals surface area contributed by atoms with Crippen molar-refractivity contribution < 1.29 is 23.4 Å². The third kappa shape index (κ3) is 4.46. The van der Waals surface area contributed by atoms with Crippen LogP contribution in [0.15, 0.2) is 47.1 Å². The Morgan fingerprint density at radius 1 is 1.12 bits per heavy atom. The normalized spacial score (nSPS) is 14.5. The number of methoxy groups -OCH3 is 1. The average molecular weight is 438 g/mol. The van der Waals surface area contributed by atoms with Gasteiger partial charge in [0.05, 0.1) is 18.9 Å².